The topological polar surface area (TPSA) is 47.6 Å². The van der Waals surface area contributed by atoms with E-state index in [1.54, 1.807) is 7.11 Å². The van der Waals surface area contributed by atoms with Crippen molar-refractivity contribution >= 4 is 6.09 Å². The fourth-order valence-corrected chi connectivity index (χ4v) is 1.26. The molecule has 4 heteroatoms. The summed E-state index contributed by atoms with van der Waals surface area (Å²) in [7, 11) is 1.63. The fourth-order valence-electron chi connectivity index (χ4n) is 1.26. The van der Waals surface area contributed by atoms with Crippen LogP contribution in [0.25, 0.3) is 0 Å². The van der Waals surface area contributed by atoms with E-state index in [2.05, 4.69) is 24.4 Å². The van der Waals surface area contributed by atoms with E-state index in [0.717, 1.165) is 6.42 Å². The quantitative estimate of drug-likeness (QED) is 0.859. The van der Waals surface area contributed by atoms with Gasteiger partial charge < -0.3 is 14.8 Å². The van der Waals surface area contributed by atoms with Crippen LogP contribution >= 0.6 is 0 Å². The van der Waals surface area contributed by atoms with Crippen LogP contribution in [-0.4, -0.2) is 32.0 Å². The van der Waals surface area contributed by atoms with Crippen LogP contribution in [0.15, 0.2) is 30.3 Å². The molecule has 0 aliphatic rings. The Balaban J connectivity index is 0.000000428. The average Bonchev–Trinajstić information content (AvgIpc) is 2.34. The van der Waals surface area contributed by atoms with E-state index in [9.17, 15) is 4.79 Å². The third-order valence-corrected chi connectivity index (χ3v) is 2.13. The predicted molar refractivity (Wildman–Crippen MR) is 81.9 cm³/mol. The van der Waals surface area contributed by atoms with Crippen LogP contribution in [0.5, 0.6) is 0 Å². The van der Waals surface area contributed by atoms with E-state index >= 15 is 0 Å². The maximum absolute atomic E-state index is 11.0. The molecule has 0 spiro atoms. The van der Waals surface area contributed by atoms with Crippen molar-refractivity contribution in [2.75, 3.05) is 20.3 Å². The molecule has 0 heterocycles. The molecule has 0 saturated heterocycles. The Morgan fingerprint density at radius 3 is 2.20 bits per heavy atom. The van der Waals surface area contributed by atoms with Gasteiger partial charge in [0.25, 0.3) is 0 Å². The first-order valence-corrected chi connectivity index (χ1v) is 6.82. The minimum Gasteiger partial charge on any atom is -0.444 e. The third-order valence-electron chi connectivity index (χ3n) is 2.13. The van der Waals surface area contributed by atoms with Gasteiger partial charge in [-0.2, -0.15) is 0 Å². The van der Waals surface area contributed by atoms with Crippen LogP contribution in [0, 0.1) is 6.92 Å². The smallest absolute Gasteiger partial charge is 0.407 e. The Kier molecular flexibility index (Phi) is 9.47. The lowest BCUT2D eigenvalue weighted by molar-refractivity contribution is 0.0523. The number of carbonyl (C=O) groups is 1. The molecule has 4 nitrogen and oxygen atoms in total. The first kappa shape index (κ1) is 18.4. The molecule has 114 valence electrons. The van der Waals surface area contributed by atoms with Crippen molar-refractivity contribution < 1.29 is 14.3 Å². The molecule has 0 fully saturated rings. The van der Waals surface area contributed by atoms with Gasteiger partial charge in [0, 0.05) is 20.3 Å². The van der Waals surface area contributed by atoms with Gasteiger partial charge in [-0.3, -0.25) is 0 Å². The largest absolute Gasteiger partial charge is 0.444 e. The lowest BCUT2D eigenvalue weighted by Crippen LogP contribution is -2.33. The molecule has 0 atom stereocenters. The van der Waals surface area contributed by atoms with Gasteiger partial charge in [-0.1, -0.05) is 35.9 Å². The first-order valence-electron chi connectivity index (χ1n) is 6.82. The molecule has 0 bridgehead atoms. The van der Waals surface area contributed by atoms with Gasteiger partial charge >= 0.3 is 6.09 Å². The number of rotatable bonds is 4. The second-order valence-corrected chi connectivity index (χ2v) is 5.43. The van der Waals surface area contributed by atoms with Gasteiger partial charge in [0.2, 0.25) is 0 Å². The number of hydrogen-bond acceptors (Lipinski definition) is 3. The number of benzene rings is 1. The Hall–Kier alpha value is -1.55. The molecule has 0 unspecified atom stereocenters. The number of ether oxygens (including phenoxy) is 2. The molecule has 0 radical (unpaired) electrons. The van der Waals surface area contributed by atoms with Crippen molar-refractivity contribution in [3.8, 4) is 0 Å². The van der Waals surface area contributed by atoms with Gasteiger partial charge in [-0.05, 0) is 34.1 Å². The highest BCUT2D eigenvalue weighted by Crippen LogP contribution is 2.06. The summed E-state index contributed by atoms with van der Waals surface area (Å²) < 4.78 is 9.86. The van der Waals surface area contributed by atoms with E-state index in [1.165, 1.54) is 5.56 Å². The van der Waals surface area contributed by atoms with Crippen LogP contribution < -0.4 is 5.32 Å². The van der Waals surface area contributed by atoms with E-state index < -0.39 is 5.60 Å². The monoisotopic (exact) mass is 281 g/mol. The summed E-state index contributed by atoms with van der Waals surface area (Å²) in [4.78, 5) is 11.0. The predicted octanol–water partition coefficient (Wildman–Crippen LogP) is 3.54. The molecule has 1 aromatic carbocycles. The zero-order valence-electron chi connectivity index (χ0n) is 13.2. The summed E-state index contributed by atoms with van der Waals surface area (Å²) in [6, 6.07) is 10.3. The summed E-state index contributed by atoms with van der Waals surface area (Å²) >= 11 is 0. The van der Waals surface area contributed by atoms with Gasteiger partial charge in [-0.15, -0.1) is 0 Å². The van der Waals surface area contributed by atoms with E-state index in [1.807, 2.05) is 39.0 Å². The maximum Gasteiger partial charge on any atom is 0.407 e. The van der Waals surface area contributed by atoms with Crippen molar-refractivity contribution in [1.29, 1.82) is 0 Å². The molecule has 1 aromatic rings. The first-order chi connectivity index (χ1) is 9.35. The zero-order valence-corrected chi connectivity index (χ0v) is 13.2. The molecule has 0 aliphatic heterocycles. The van der Waals surface area contributed by atoms with Gasteiger partial charge in [0.15, 0.2) is 0 Å². The van der Waals surface area contributed by atoms with Crippen LogP contribution in [0.4, 0.5) is 4.79 Å². The highest BCUT2D eigenvalue weighted by Gasteiger charge is 2.15. The van der Waals surface area contributed by atoms with Crippen molar-refractivity contribution in [1.82, 2.24) is 5.32 Å². The second kappa shape index (κ2) is 10.3. The number of carbonyl (C=O) groups excluding carboxylic acids is 1. The van der Waals surface area contributed by atoms with Gasteiger partial charge in [-0.25, -0.2) is 4.79 Å². The van der Waals surface area contributed by atoms with Crippen molar-refractivity contribution in [2.24, 2.45) is 0 Å². The molecule has 1 amide bonds. The van der Waals surface area contributed by atoms with Crippen LogP contribution in [0.3, 0.4) is 0 Å². The summed E-state index contributed by atoms with van der Waals surface area (Å²) in [5.41, 5.74) is 0.897. The van der Waals surface area contributed by atoms with Crippen LogP contribution in [0.1, 0.15) is 32.8 Å². The number of methoxy groups -OCH3 is 1. The molecular formula is C16H27NO3. The van der Waals surface area contributed by atoms with Crippen molar-refractivity contribution in [2.45, 2.75) is 39.7 Å². The number of hydrogen-bond donors (Lipinski definition) is 1. The Bertz CT molecular complexity index is 358. The molecule has 0 saturated carbocycles. The summed E-state index contributed by atoms with van der Waals surface area (Å²) in [6.07, 6.45) is 0.430. The van der Waals surface area contributed by atoms with Crippen LogP contribution in [0.2, 0.25) is 0 Å². The fraction of sp³-hybridized carbons (Fsp3) is 0.562. The minimum atomic E-state index is -0.425. The Morgan fingerprint density at radius 2 is 1.80 bits per heavy atom. The molecule has 0 aliphatic carbocycles. The lowest BCUT2D eigenvalue weighted by atomic mass is 10.2. The highest BCUT2D eigenvalue weighted by atomic mass is 16.6. The van der Waals surface area contributed by atoms with E-state index in [4.69, 9.17) is 9.47 Å². The number of nitrogens with one attached hydrogen (secondary N) is 1. The molecule has 20 heavy (non-hydrogen) atoms. The SMILES string of the molecule is COCCCNC(=O)OC(C)(C)C.Cc1ccccc1. The molecular weight excluding hydrogens is 254 g/mol. The number of alkyl carbamates (subject to hydrolysis) is 1. The van der Waals surface area contributed by atoms with E-state index in [-0.39, 0.29) is 6.09 Å². The van der Waals surface area contributed by atoms with Crippen molar-refractivity contribution in [3.05, 3.63) is 35.9 Å². The third kappa shape index (κ3) is 12.9. The number of amides is 1. The molecule has 1 rings (SSSR count). The Labute approximate surface area is 122 Å². The Morgan fingerprint density at radius 1 is 1.20 bits per heavy atom. The lowest BCUT2D eigenvalue weighted by Gasteiger charge is -2.19. The highest BCUT2D eigenvalue weighted by molar-refractivity contribution is 5.67. The normalized spacial score (nSPS) is 10.2. The van der Waals surface area contributed by atoms with Crippen molar-refractivity contribution in [3.63, 3.8) is 0 Å². The average molecular weight is 281 g/mol. The van der Waals surface area contributed by atoms with E-state index in [0.29, 0.717) is 13.2 Å². The van der Waals surface area contributed by atoms with Crippen LogP contribution in [-0.2, 0) is 9.47 Å². The molecule has 0 aromatic heterocycles. The summed E-state index contributed by atoms with van der Waals surface area (Å²) in [5.74, 6) is 0. The van der Waals surface area contributed by atoms with Gasteiger partial charge in [0.05, 0.1) is 0 Å². The minimum absolute atomic E-state index is 0.372. The second-order valence-electron chi connectivity index (χ2n) is 5.43. The number of aryl methyl sites for hydroxylation is 1. The van der Waals surface area contributed by atoms with Gasteiger partial charge in [0.1, 0.15) is 5.60 Å². The summed E-state index contributed by atoms with van der Waals surface area (Å²) in [6.45, 7) is 8.82. The zero-order chi connectivity index (χ0) is 15.4. The maximum atomic E-state index is 11.0. The molecule has 1 N–H and O–H groups in total. The summed E-state index contributed by atoms with van der Waals surface area (Å²) in [5, 5.41) is 2.63. The standard InChI is InChI=1S/C9H19NO3.C7H8/c1-9(2,3)13-8(11)10-6-5-7-12-4;1-7-5-3-2-4-6-7/h5-7H2,1-4H3,(H,10,11);2-6H,1H3.